The maximum absolute atomic E-state index is 14.2. The molecule has 2 N–H and O–H groups in total. The summed E-state index contributed by atoms with van der Waals surface area (Å²) < 4.78 is 20.4. The molecule has 6 heteroatoms. The maximum atomic E-state index is 14.2. The largest absolute Gasteiger partial charge is 0.367 e. The van der Waals surface area contributed by atoms with E-state index in [9.17, 15) is 4.39 Å². The van der Waals surface area contributed by atoms with Gasteiger partial charge >= 0.3 is 0 Å². The molecule has 0 aliphatic heterocycles. The van der Waals surface area contributed by atoms with Crippen LogP contribution >= 0.6 is 34.2 Å². The minimum absolute atomic E-state index is 0.0293. The highest BCUT2D eigenvalue weighted by atomic mass is 127. The first-order valence-electron chi connectivity index (χ1n) is 6.03. The molecule has 3 aromatic rings. The lowest BCUT2D eigenvalue weighted by Gasteiger charge is -2.05. The van der Waals surface area contributed by atoms with Gasteiger partial charge in [-0.15, -0.1) is 0 Å². The van der Waals surface area contributed by atoms with Crippen molar-refractivity contribution in [2.24, 2.45) is 0 Å². The Morgan fingerprint density at radius 1 is 1.14 bits per heavy atom. The quantitative estimate of drug-likeness (QED) is 0.601. The Bertz CT molecular complexity index is 802. The average molecular weight is 415 g/mol. The van der Waals surface area contributed by atoms with Gasteiger partial charge in [-0.05, 0) is 40.8 Å². The number of anilines is 1. The van der Waals surface area contributed by atoms with Gasteiger partial charge in [-0.25, -0.2) is 4.39 Å². The van der Waals surface area contributed by atoms with Crippen LogP contribution < -0.4 is 5.73 Å². The Kier molecular flexibility index (Phi) is 3.86. The molecule has 0 spiro atoms. The third-order valence-electron chi connectivity index (χ3n) is 3.06. The average Bonchev–Trinajstić information content (AvgIpc) is 2.85. The van der Waals surface area contributed by atoms with Crippen LogP contribution in [0.1, 0.15) is 0 Å². The summed E-state index contributed by atoms with van der Waals surface area (Å²) in [7, 11) is 0. The van der Waals surface area contributed by atoms with Gasteiger partial charge in [-0.2, -0.15) is 0 Å². The maximum Gasteiger partial charge on any atom is 0.230 e. The van der Waals surface area contributed by atoms with E-state index in [-0.39, 0.29) is 16.5 Å². The van der Waals surface area contributed by atoms with Crippen molar-refractivity contribution < 1.29 is 8.91 Å². The standard InChI is InChI=1S/C15H9ClFIN2O/c16-11-3-1-2-10(13(11)17)12-14(20-21-15(12)19)8-4-6-9(18)7-5-8/h1-7H,19H2. The molecule has 0 aliphatic rings. The van der Waals surface area contributed by atoms with Crippen molar-refractivity contribution in [1.29, 1.82) is 0 Å². The van der Waals surface area contributed by atoms with Crippen molar-refractivity contribution in [2.45, 2.75) is 0 Å². The number of nitrogen functional groups attached to an aromatic ring is 1. The Labute approximate surface area is 139 Å². The molecular formula is C15H9ClFIN2O. The number of rotatable bonds is 2. The Morgan fingerprint density at radius 2 is 1.86 bits per heavy atom. The molecule has 0 fully saturated rings. The molecule has 0 radical (unpaired) electrons. The van der Waals surface area contributed by atoms with Gasteiger partial charge in [0.2, 0.25) is 5.88 Å². The zero-order valence-electron chi connectivity index (χ0n) is 10.6. The third-order valence-corrected chi connectivity index (χ3v) is 4.07. The van der Waals surface area contributed by atoms with E-state index in [0.29, 0.717) is 11.3 Å². The summed E-state index contributed by atoms with van der Waals surface area (Å²) >= 11 is 8.04. The lowest BCUT2D eigenvalue weighted by atomic mass is 10.0. The first-order valence-corrected chi connectivity index (χ1v) is 7.49. The van der Waals surface area contributed by atoms with Gasteiger partial charge in [0.25, 0.3) is 0 Å². The van der Waals surface area contributed by atoms with Gasteiger partial charge in [0.1, 0.15) is 11.5 Å². The molecule has 0 amide bonds. The Balaban J connectivity index is 2.22. The second-order valence-electron chi connectivity index (χ2n) is 4.38. The topological polar surface area (TPSA) is 52.0 Å². The summed E-state index contributed by atoms with van der Waals surface area (Å²) in [6.45, 7) is 0. The first-order chi connectivity index (χ1) is 10.1. The van der Waals surface area contributed by atoms with Crippen molar-refractivity contribution in [1.82, 2.24) is 5.16 Å². The van der Waals surface area contributed by atoms with Gasteiger partial charge < -0.3 is 10.3 Å². The number of benzene rings is 2. The predicted octanol–water partition coefficient (Wildman–Crippen LogP) is 4.99. The van der Waals surface area contributed by atoms with E-state index in [0.717, 1.165) is 9.13 Å². The van der Waals surface area contributed by atoms with E-state index < -0.39 is 5.82 Å². The third kappa shape index (κ3) is 2.63. The van der Waals surface area contributed by atoms with Crippen LogP contribution in [0.5, 0.6) is 0 Å². The molecule has 0 bridgehead atoms. The van der Waals surface area contributed by atoms with Crippen LogP contribution in [-0.4, -0.2) is 5.16 Å². The van der Waals surface area contributed by atoms with Crippen molar-refractivity contribution in [3.05, 3.63) is 56.9 Å². The monoisotopic (exact) mass is 414 g/mol. The van der Waals surface area contributed by atoms with Gasteiger partial charge in [0, 0.05) is 14.7 Å². The summed E-state index contributed by atoms with van der Waals surface area (Å²) in [5.74, 6) is -0.481. The summed E-state index contributed by atoms with van der Waals surface area (Å²) in [6.07, 6.45) is 0. The molecule has 0 aliphatic carbocycles. The van der Waals surface area contributed by atoms with Crippen LogP contribution in [0.2, 0.25) is 5.02 Å². The zero-order chi connectivity index (χ0) is 15.0. The van der Waals surface area contributed by atoms with Gasteiger partial charge in [-0.1, -0.05) is 41.0 Å². The highest BCUT2D eigenvalue weighted by Gasteiger charge is 2.21. The van der Waals surface area contributed by atoms with Gasteiger partial charge in [0.15, 0.2) is 0 Å². The van der Waals surface area contributed by atoms with E-state index in [4.69, 9.17) is 21.9 Å². The predicted molar refractivity (Wildman–Crippen MR) is 89.5 cm³/mol. The lowest BCUT2D eigenvalue weighted by Crippen LogP contribution is -1.91. The summed E-state index contributed by atoms with van der Waals surface area (Å²) in [5, 5.41) is 3.98. The molecule has 2 aromatic carbocycles. The number of aromatic nitrogens is 1. The van der Waals surface area contributed by atoms with E-state index in [1.807, 2.05) is 24.3 Å². The second kappa shape index (κ2) is 5.65. The second-order valence-corrected chi connectivity index (χ2v) is 6.03. The van der Waals surface area contributed by atoms with Crippen LogP contribution in [0.3, 0.4) is 0 Å². The smallest absolute Gasteiger partial charge is 0.230 e. The first kappa shape index (κ1) is 14.3. The number of nitrogens with two attached hydrogens (primary N) is 1. The van der Waals surface area contributed by atoms with Gasteiger partial charge in [0.05, 0.1) is 10.6 Å². The molecule has 3 rings (SSSR count). The SMILES string of the molecule is Nc1onc(-c2ccc(I)cc2)c1-c1cccc(Cl)c1F. The minimum Gasteiger partial charge on any atom is -0.367 e. The van der Waals surface area contributed by atoms with Crippen LogP contribution in [0, 0.1) is 9.39 Å². The molecule has 3 nitrogen and oxygen atoms in total. The highest BCUT2D eigenvalue weighted by Crippen LogP contribution is 2.38. The van der Waals surface area contributed by atoms with Crippen molar-refractivity contribution in [3.63, 3.8) is 0 Å². The molecule has 1 aromatic heterocycles. The van der Waals surface area contributed by atoms with Gasteiger partial charge in [-0.3, -0.25) is 0 Å². The number of nitrogens with zero attached hydrogens (tertiary/aromatic N) is 1. The Hall–Kier alpha value is -1.60. The number of hydrogen-bond acceptors (Lipinski definition) is 3. The number of halogens is 3. The summed E-state index contributed by atoms with van der Waals surface area (Å²) in [6, 6.07) is 12.4. The van der Waals surface area contributed by atoms with Crippen molar-refractivity contribution in [3.8, 4) is 22.4 Å². The van der Waals surface area contributed by atoms with Crippen LogP contribution in [0.15, 0.2) is 47.0 Å². The molecule has 0 saturated heterocycles. The minimum atomic E-state index is -0.541. The molecule has 106 valence electrons. The lowest BCUT2D eigenvalue weighted by molar-refractivity contribution is 0.439. The van der Waals surface area contributed by atoms with Crippen LogP contribution in [-0.2, 0) is 0 Å². The van der Waals surface area contributed by atoms with E-state index >= 15 is 0 Å². The normalized spacial score (nSPS) is 10.8. The van der Waals surface area contributed by atoms with E-state index in [2.05, 4.69) is 27.7 Å². The van der Waals surface area contributed by atoms with E-state index in [1.165, 1.54) is 6.07 Å². The zero-order valence-corrected chi connectivity index (χ0v) is 13.5. The summed E-state index contributed by atoms with van der Waals surface area (Å²) in [5.41, 5.74) is 7.79. The molecule has 0 saturated carbocycles. The molecule has 0 atom stereocenters. The highest BCUT2D eigenvalue weighted by molar-refractivity contribution is 14.1. The molecule has 1 heterocycles. The van der Waals surface area contributed by atoms with Crippen molar-refractivity contribution in [2.75, 3.05) is 5.73 Å². The number of hydrogen-bond donors (Lipinski definition) is 1. The molecule has 0 unspecified atom stereocenters. The fourth-order valence-corrected chi connectivity index (χ4v) is 2.60. The molecule has 21 heavy (non-hydrogen) atoms. The summed E-state index contributed by atoms with van der Waals surface area (Å²) in [4.78, 5) is 0. The Morgan fingerprint density at radius 3 is 2.57 bits per heavy atom. The fraction of sp³-hybridized carbons (Fsp3) is 0. The molecular weight excluding hydrogens is 406 g/mol. The fourth-order valence-electron chi connectivity index (χ4n) is 2.06. The van der Waals surface area contributed by atoms with Crippen molar-refractivity contribution >= 4 is 40.1 Å². The van der Waals surface area contributed by atoms with Crippen LogP contribution in [0.25, 0.3) is 22.4 Å². The van der Waals surface area contributed by atoms with Crippen LogP contribution in [0.4, 0.5) is 10.3 Å². The van der Waals surface area contributed by atoms with E-state index in [1.54, 1.807) is 12.1 Å².